The monoisotopic (exact) mass is 974 g/mol. The predicted molar refractivity (Wildman–Crippen MR) is 315 cm³/mol. The number of hydrogen-bond donors (Lipinski definition) is 0. The Balaban J connectivity index is 0.786. The van der Waals surface area contributed by atoms with Gasteiger partial charge in [-0.15, -0.1) is 11.3 Å². The van der Waals surface area contributed by atoms with Gasteiger partial charge < -0.3 is 0 Å². The molecular formula is C70H46N4S. The molecule has 0 spiro atoms. The van der Waals surface area contributed by atoms with Gasteiger partial charge in [0.1, 0.15) is 11.6 Å². The van der Waals surface area contributed by atoms with Crippen LogP contribution in [0.1, 0.15) is 21.9 Å². The number of fused-ring (bicyclic) bond motifs is 9. The van der Waals surface area contributed by atoms with Crippen LogP contribution in [0.2, 0.25) is 0 Å². The summed E-state index contributed by atoms with van der Waals surface area (Å²) in [6.45, 7) is 0. The maximum absolute atomic E-state index is 5.29. The molecule has 0 saturated heterocycles. The topological polar surface area (TPSA) is 35.6 Å². The summed E-state index contributed by atoms with van der Waals surface area (Å²) in [5.41, 5.74) is 18.6. The van der Waals surface area contributed by atoms with E-state index in [4.69, 9.17) is 9.97 Å². The molecule has 15 rings (SSSR count). The van der Waals surface area contributed by atoms with Gasteiger partial charge in [0.25, 0.3) is 0 Å². The van der Waals surface area contributed by atoms with Crippen molar-refractivity contribution in [1.29, 1.82) is 0 Å². The van der Waals surface area contributed by atoms with Crippen molar-refractivity contribution in [3.05, 3.63) is 271 Å². The Labute approximate surface area is 438 Å². The number of rotatable bonds is 8. The van der Waals surface area contributed by atoms with Crippen LogP contribution >= 0.6 is 11.3 Å². The molecule has 0 fully saturated rings. The normalized spacial score (nSPS) is 13.4. The molecule has 0 radical (unpaired) electrons. The molecule has 1 atom stereocenters. The van der Waals surface area contributed by atoms with Crippen LogP contribution in [-0.2, 0) is 6.42 Å². The third kappa shape index (κ3) is 7.27. The van der Waals surface area contributed by atoms with E-state index in [2.05, 4.69) is 270 Å². The van der Waals surface area contributed by atoms with Gasteiger partial charge in [0.2, 0.25) is 0 Å². The Hall–Kier alpha value is -9.42. The first-order valence-corrected chi connectivity index (χ1v) is 26.5. The summed E-state index contributed by atoms with van der Waals surface area (Å²) in [6.07, 6.45) is 5.73. The fourth-order valence-electron chi connectivity index (χ4n) is 11.8. The number of aromatic nitrogens is 4. The molecule has 5 heterocycles. The first-order valence-electron chi connectivity index (χ1n) is 25.7. The van der Waals surface area contributed by atoms with Crippen LogP contribution in [0.25, 0.3) is 127 Å². The number of benzene rings is 9. The molecule has 9 aromatic carbocycles. The van der Waals surface area contributed by atoms with E-state index in [0.717, 1.165) is 57.1 Å². The second-order valence-electron chi connectivity index (χ2n) is 19.6. The van der Waals surface area contributed by atoms with Crippen molar-refractivity contribution in [2.24, 2.45) is 0 Å². The average Bonchev–Trinajstić information content (AvgIpc) is 4.19. The number of nitrogens with zero attached hydrogens (tertiary/aromatic N) is 4. The smallest absolute Gasteiger partial charge is 0.138 e. The molecule has 1 unspecified atom stereocenters. The molecule has 0 saturated carbocycles. The highest BCUT2D eigenvalue weighted by Crippen LogP contribution is 2.45. The van der Waals surface area contributed by atoms with E-state index in [1.54, 1.807) is 0 Å². The molecule has 5 aromatic heterocycles. The first-order chi connectivity index (χ1) is 37.2. The SMILES string of the molecule is C1=CC(c2cccc(-c3cccc4c5ccccc5n(-c5cccc(-c6ccccc6)n5)c34)c2)Cc2c1sc1ccc(-c3cccc(-c4cccc5c6ccccc6n(-c6cccc(-c7ccccc7)n6)c45)c3)cc21. The third-order valence-electron chi connectivity index (χ3n) is 15.3. The van der Waals surface area contributed by atoms with Gasteiger partial charge in [-0.2, -0.15) is 0 Å². The highest BCUT2D eigenvalue weighted by Gasteiger charge is 2.24. The summed E-state index contributed by atoms with van der Waals surface area (Å²) in [5, 5.41) is 6.20. The summed E-state index contributed by atoms with van der Waals surface area (Å²) in [4.78, 5) is 11.9. The van der Waals surface area contributed by atoms with Crippen molar-refractivity contribution < 1.29 is 0 Å². The molecule has 4 nitrogen and oxygen atoms in total. The quantitative estimate of drug-likeness (QED) is 0.152. The maximum atomic E-state index is 5.29. The molecule has 352 valence electrons. The average molecular weight is 975 g/mol. The molecule has 14 aromatic rings. The van der Waals surface area contributed by atoms with Crippen LogP contribution in [0.4, 0.5) is 0 Å². The molecule has 1 aliphatic rings. The van der Waals surface area contributed by atoms with Gasteiger partial charge in [-0.05, 0) is 106 Å². The van der Waals surface area contributed by atoms with Crippen LogP contribution in [0.5, 0.6) is 0 Å². The Morgan fingerprint density at radius 2 is 0.867 bits per heavy atom. The van der Waals surface area contributed by atoms with Crippen molar-refractivity contribution in [3.63, 3.8) is 0 Å². The van der Waals surface area contributed by atoms with Crippen molar-refractivity contribution in [3.8, 4) is 67.5 Å². The first kappa shape index (κ1) is 43.2. The molecule has 0 amide bonds. The number of allylic oxidation sites excluding steroid dienone is 1. The summed E-state index contributed by atoms with van der Waals surface area (Å²) in [7, 11) is 0. The Bertz CT molecular complexity index is 4580. The predicted octanol–water partition coefficient (Wildman–Crippen LogP) is 18.6. The third-order valence-corrected chi connectivity index (χ3v) is 16.5. The highest BCUT2D eigenvalue weighted by atomic mass is 32.1. The van der Waals surface area contributed by atoms with E-state index in [9.17, 15) is 0 Å². The summed E-state index contributed by atoms with van der Waals surface area (Å²) < 4.78 is 6.04. The van der Waals surface area contributed by atoms with Gasteiger partial charge in [-0.1, -0.05) is 200 Å². The van der Waals surface area contributed by atoms with Crippen molar-refractivity contribution >= 4 is 71.1 Å². The van der Waals surface area contributed by atoms with Gasteiger partial charge in [-0.25, -0.2) is 9.97 Å². The second kappa shape index (κ2) is 17.7. The Kier molecular flexibility index (Phi) is 10.2. The van der Waals surface area contributed by atoms with Gasteiger partial charge in [0, 0.05) is 59.3 Å². The van der Waals surface area contributed by atoms with Crippen molar-refractivity contribution in [2.75, 3.05) is 0 Å². The number of thiophene rings is 1. The second-order valence-corrected chi connectivity index (χ2v) is 20.7. The zero-order chi connectivity index (χ0) is 49.4. The molecule has 0 aliphatic heterocycles. The minimum absolute atomic E-state index is 0.228. The van der Waals surface area contributed by atoms with Crippen LogP contribution < -0.4 is 0 Å². The van der Waals surface area contributed by atoms with Crippen molar-refractivity contribution in [2.45, 2.75) is 12.3 Å². The lowest BCUT2D eigenvalue weighted by atomic mass is 9.85. The van der Waals surface area contributed by atoms with E-state index in [1.165, 1.54) is 86.5 Å². The number of hydrogen-bond acceptors (Lipinski definition) is 3. The lowest BCUT2D eigenvalue weighted by molar-refractivity contribution is 0.837. The lowest BCUT2D eigenvalue weighted by Gasteiger charge is -2.19. The number of pyridine rings is 2. The molecule has 5 heteroatoms. The van der Waals surface area contributed by atoms with E-state index >= 15 is 0 Å². The van der Waals surface area contributed by atoms with E-state index < -0.39 is 0 Å². The van der Waals surface area contributed by atoms with Gasteiger partial charge in [0.05, 0.1) is 33.5 Å². The maximum Gasteiger partial charge on any atom is 0.138 e. The molecular weight excluding hydrogens is 929 g/mol. The fraction of sp³-hybridized carbons (Fsp3) is 0.0286. The van der Waals surface area contributed by atoms with Crippen LogP contribution in [-0.4, -0.2) is 19.1 Å². The van der Waals surface area contributed by atoms with Crippen LogP contribution in [0.3, 0.4) is 0 Å². The van der Waals surface area contributed by atoms with E-state index in [0.29, 0.717) is 0 Å². The van der Waals surface area contributed by atoms with Crippen LogP contribution in [0.15, 0.2) is 255 Å². The van der Waals surface area contributed by atoms with E-state index in [-0.39, 0.29) is 5.92 Å². The molecule has 0 N–H and O–H groups in total. The highest BCUT2D eigenvalue weighted by molar-refractivity contribution is 7.20. The van der Waals surface area contributed by atoms with E-state index in [1.807, 2.05) is 11.3 Å². The van der Waals surface area contributed by atoms with Crippen LogP contribution in [0, 0.1) is 0 Å². The summed E-state index contributed by atoms with van der Waals surface area (Å²) >= 11 is 1.90. The minimum atomic E-state index is 0.228. The largest absolute Gasteiger partial charge is 0.293 e. The zero-order valence-electron chi connectivity index (χ0n) is 40.8. The minimum Gasteiger partial charge on any atom is -0.293 e. The number of para-hydroxylation sites is 4. The van der Waals surface area contributed by atoms with Gasteiger partial charge in [-0.3, -0.25) is 9.13 Å². The molecule has 1 aliphatic carbocycles. The lowest BCUT2D eigenvalue weighted by Crippen LogP contribution is -2.04. The standard InChI is InChI=1S/C70H46N4S/c1-3-17-45(18-4-1)61-31-15-35-67(71-61)73-63-33-9-7-25-55(63)57-29-13-27-53(69(57)73)51-23-11-21-47(41-51)49-37-39-65-59(43-49)60-44-50(38-40-66(60)75-65)48-22-12-24-52(42-48)54-28-14-30-58-56-26-8-10-34-64(56)74(70(54)58)68-36-16-32-62(72-68)46-19-5-2-6-20-46/h1-43,50H,44H2. The molecule has 0 bridgehead atoms. The van der Waals surface area contributed by atoms with Crippen molar-refractivity contribution in [1.82, 2.24) is 19.1 Å². The fourth-order valence-corrected chi connectivity index (χ4v) is 13.0. The Morgan fingerprint density at radius 1 is 0.373 bits per heavy atom. The molecule has 75 heavy (non-hydrogen) atoms. The summed E-state index contributed by atoms with van der Waals surface area (Å²) in [6, 6.07) is 89.9. The Morgan fingerprint density at radius 3 is 1.49 bits per heavy atom. The summed E-state index contributed by atoms with van der Waals surface area (Å²) in [5.74, 6) is 2.04. The van der Waals surface area contributed by atoms with Gasteiger partial charge in [0.15, 0.2) is 0 Å². The van der Waals surface area contributed by atoms with Gasteiger partial charge >= 0.3 is 0 Å². The zero-order valence-corrected chi connectivity index (χ0v) is 41.6.